The molecule has 2 nitrogen and oxygen atoms in total. The molecule has 2 N–H and O–H groups in total. The molecule has 1 aliphatic carbocycles. The van der Waals surface area contributed by atoms with Crippen molar-refractivity contribution < 1.29 is 0 Å². The third-order valence-corrected chi connectivity index (χ3v) is 6.02. The first-order valence-electron chi connectivity index (χ1n) is 10.1. The van der Waals surface area contributed by atoms with Gasteiger partial charge in [0.25, 0.3) is 0 Å². The zero-order valence-corrected chi connectivity index (χ0v) is 16.2. The van der Waals surface area contributed by atoms with Gasteiger partial charge in [-0.25, -0.2) is 0 Å². The van der Waals surface area contributed by atoms with Crippen LogP contribution in [0, 0.1) is 13.8 Å². The van der Waals surface area contributed by atoms with Crippen molar-refractivity contribution in [3.05, 3.63) is 70.4 Å². The van der Waals surface area contributed by atoms with E-state index in [1.807, 2.05) is 0 Å². The summed E-state index contributed by atoms with van der Waals surface area (Å²) in [5, 5.41) is 5.41. The molecule has 1 aliphatic rings. The standard InChI is InChI=1S/C24H30N2/c1-4-19(15-18-9-6-5-8-17(18)3)25-23-11-7-10-20-21-14-16(2)12-13-22(21)26-24(20)23/h5-6,8-9,12-14,19,23,25-26H,4,7,10-11,15H2,1-3H3. The molecule has 0 fully saturated rings. The Morgan fingerprint density at radius 2 is 2.00 bits per heavy atom. The highest BCUT2D eigenvalue weighted by Crippen LogP contribution is 2.35. The summed E-state index contributed by atoms with van der Waals surface area (Å²) in [6, 6.07) is 16.5. The third kappa shape index (κ3) is 3.31. The first-order valence-corrected chi connectivity index (χ1v) is 10.1. The second-order valence-electron chi connectivity index (χ2n) is 7.91. The van der Waals surface area contributed by atoms with E-state index >= 15 is 0 Å². The Kier molecular flexibility index (Phi) is 4.86. The lowest BCUT2D eigenvalue weighted by Gasteiger charge is -2.29. The van der Waals surface area contributed by atoms with Crippen LogP contribution in [0.3, 0.4) is 0 Å². The second kappa shape index (κ2) is 7.28. The van der Waals surface area contributed by atoms with Gasteiger partial charge in [0.1, 0.15) is 0 Å². The maximum atomic E-state index is 3.98. The molecule has 1 aromatic heterocycles. The molecular formula is C24H30N2. The van der Waals surface area contributed by atoms with Crippen molar-refractivity contribution in [2.45, 2.75) is 65.0 Å². The highest BCUT2D eigenvalue weighted by molar-refractivity contribution is 5.85. The first kappa shape index (κ1) is 17.4. The first-order chi connectivity index (χ1) is 12.7. The van der Waals surface area contributed by atoms with E-state index in [0.29, 0.717) is 12.1 Å². The molecule has 3 aromatic rings. The van der Waals surface area contributed by atoms with Crippen LogP contribution < -0.4 is 5.32 Å². The number of hydrogen-bond donors (Lipinski definition) is 2. The Hall–Kier alpha value is -2.06. The van der Waals surface area contributed by atoms with E-state index in [9.17, 15) is 0 Å². The average Bonchev–Trinajstić information content (AvgIpc) is 3.02. The summed E-state index contributed by atoms with van der Waals surface area (Å²) in [6.45, 7) is 6.71. The quantitative estimate of drug-likeness (QED) is 0.603. The van der Waals surface area contributed by atoms with Crippen molar-refractivity contribution in [2.24, 2.45) is 0 Å². The van der Waals surface area contributed by atoms with Crippen molar-refractivity contribution in [1.29, 1.82) is 0 Å². The zero-order valence-electron chi connectivity index (χ0n) is 16.2. The fourth-order valence-corrected chi connectivity index (χ4v) is 4.45. The fourth-order valence-electron chi connectivity index (χ4n) is 4.45. The summed E-state index contributed by atoms with van der Waals surface area (Å²) in [4.78, 5) is 3.74. The smallest absolute Gasteiger partial charge is 0.0478 e. The second-order valence-corrected chi connectivity index (χ2v) is 7.91. The Balaban J connectivity index is 1.59. The van der Waals surface area contributed by atoms with Gasteiger partial charge in [-0.3, -0.25) is 0 Å². The monoisotopic (exact) mass is 346 g/mol. The molecule has 1 heterocycles. The van der Waals surface area contributed by atoms with Crippen molar-refractivity contribution >= 4 is 10.9 Å². The SMILES string of the molecule is CCC(Cc1ccccc1C)NC1CCCc2c1[nH]c1ccc(C)cc21. The average molecular weight is 347 g/mol. The fraction of sp³-hybridized carbons (Fsp3) is 0.417. The molecule has 2 atom stereocenters. The number of aromatic nitrogens is 1. The largest absolute Gasteiger partial charge is 0.357 e. The summed E-state index contributed by atoms with van der Waals surface area (Å²) in [7, 11) is 0. The highest BCUT2D eigenvalue weighted by atomic mass is 15.0. The van der Waals surface area contributed by atoms with Gasteiger partial charge < -0.3 is 10.3 Å². The molecular weight excluding hydrogens is 316 g/mol. The van der Waals surface area contributed by atoms with E-state index in [0.717, 1.165) is 12.8 Å². The van der Waals surface area contributed by atoms with Gasteiger partial charge in [-0.2, -0.15) is 0 Å². The highest BCUT2D eigenvalue weighted by Gasteiger charge is 2.26. The molecule has 0 aliphatic heterocycles. The summed E-state index contributed by atoms with van der Waals surface area (Å²) in [5.41, 5.74) is 8.48. The molecule has 0 radical (unpaired) electrons. The minimum absolute atomic E-state index is 0.445. The Bertz CT molecular complexity index is 906. The predicted octanol–water partition coefficient (Wildman–Crippen LogP) is 5.77. The van der Waals surface area contributed by atoms with Gasteiger partial charge in [0.15, 0.2) is 0 Å². The Labute approximate surface area is 157 Å². The van der Waals surface area contributed by atoms with Gasteiger partial charge in [-0.15, -0.1) is 0 Å². The maximum absolute atomic E-state index is 3.98. The number of rotatable bonds is 5. The summed E-state index contributed by atoms with van der Waals surface area (Å²) in [6.07, 6.45) is 5.95. The minimum atomic E-state index is 0.445. The number of H-pyrrole nitrogens is 1. The maximum Gasteiger partial charge on any atom is 0.0478 e. The minimum Gasteiger partial charge on any atom is -0.357 e. The zero-order chi connectivity index (χ0) is 18.1. The number of nitrogens with one attached hydrogen (secondary N) is 2. The number of benzene rings is 2. The normalized spacial score (nSPS) is 18.0. The molecule has 26 heavy (non-hydrogen) atoms. The summed E-state index contributed by atoms with van der Waals surface area (Å²) in [5.74, 6) is 0. The topological polar surface area (TPSA) is 27.8 Å². The van der Waals surface area contributed by atoms with Gasteiger partial charge in [-0.05, 0) is 74.8 Å². The lowest BCUT2D eigenvalue weighted by atomic mass is 9.90. The van der Waals surface area contributed by atoms with E-state index in [1.54, 1.807) is 0 Å². The molecule has 2 unspecified atom stereocenters. The van der Waals surface area contributed by atoms with E-state index in [1.165, 1.54) is 58.1 Å². The van der Waals surface area contributed by atoms with E-state index in [2.05, 4.69) is 73.5 Å². The molecule has 2 heteroatoms. The van der Waals surface area contributed by atoms with Crippen LogP contribution in [-0.2, 0) is 12.8 Å². The van der Waals surface area contributed by atoms with Gasteiger partial charge in [0.05, 0.1) is 0 Å². The van der Waals surface area contributed by atoms with Crippen molar-refractivity contribution in [2.75, 3.05) is 0 Å². The molecule has 0 saturated heterocycles. The molecule has 0 saturated carbocycles. The van der Waals surface area contributed by atoms with Gasteiger partial charge >= 0.3 is 0 Å². The van der Waals surface area contributed by atoms with Crippen LogP contribution >= 0.6 is 0 Å². The van der Waals surface area contributed by atoms with Crippen LogP contribution in [0.5, 0.6) is 0 Å². The lowest BCUT2D eigenvalue weighted by Crippen LogP contribution is -2.36. The number of aryl methyl sites for hydroxylation is 3. The lowest BCUT2D eigenvalue weighted by molar-refractivity contribution is 0.379. The van der Waals surface area contributed by atoms with Crippen LogP contribution in [0.2, 0.25) is 0 Å². The molecule has 2 aromatic carbocycles. The van der Waals surface area contributed by atoms with Crippen LogP contribution in [0.1, 0.15) is 60.2 Å². The van der Waals surface area contributed by atoms with Crippen molar-refractivity contribution in [3.63, 3.8) is 0 Å². The molecule has 136 valence electrons. The predicted molar refractivity (Wildman–Crippen MR) is 111 cm³/mol. The number of fused-ring (bicyclic) bond motifs is 3. The van der Waals surface area contributed by atoms with Crippen molar-refractivity contribution in [3.8, 4) is 0 Å². The van der Waals surface area contributed by atoms with Crippen LogP contribution in [-0.4, -0.2) is 11.0 Å². The molecule has 0 bridgehead atoms. The van der Waals surface area contributed by atoms with Gasteiger partial charge in [0.2, 0.25) is 0 Å². The summed E-state index contributed by atoms with van der Waals surface area (Å²) >= 11 is 0. The Morgan fingerprint density at radius 1 is 1.15 bits per heavy atom. The molecule has 4 rings (SSSR count). The van der Waals surface area contributed by atoms with Crippen molar-refractivity contribution in [1.82, 2.24) is 10.3 Å². The van der Waals surface area contributed by atoms with Gasteiger partial charge in [-0.1, -0.05) is 42.8 Å². The van der Waals surface area contributed by atoms with Crippen LogP contribution in [0.15, 0.2) is 42.5 Å². The Morgan fingerprint density at radius 3 is 2.81 bits per heavy atom. The van der Waals surface area contributed by atoms with E-state index in [4.69, 9.17) is 0 Å². The third-order valence-electron chi connectivity index (χ3n) is 6.02. The van der Waals surface area contributed by atoms with E-state index in [-0.39, 0.29) is 0 Å². The van der Waals surface area contributed by atoms with Crippen LogP contribution in [0.25, 0.3) is 10.9 Å². The number of hydrogen-bond acceptors (Lipinski definition) is 1. The van der Waals surface area contributed by atoms with Crippen LogP contribution in [0.4, 0.5) is 0 Å². The summed E-state index contributed by atoms with van der Waals surface area (Å²) < 4.78 is 0. The molecule has 0 spiro atoms. The number of aromatic amines is 1. The molecule has 0 amide bonds. The van der Waals surface area contributed by atoms with Gasteiger partial charge in [0, 0.05) is 28.7 Å². The van der Waals surface area contributed by atoms with E-state index < -0.39 is 0 Å².